The summed E-state index contributed by atoms with van der Waals surface area (Å²) in [7, 11) is 0. The molecule has 0 aliphatic rings. The number of aromatic nitrogens is 1. The molecule has 1 N–H and O–H groups in total. The number of carbonyl (C=O) groups is 2. The number of pyridine rings is 1. The van der Waals surface area contributed by atoms with E-state index < -0.39 is 5.97 Å². The van der Waals surface area contributed by atoms with Crippen molar-refractivity contribution in [2.75, 3.05) is 5.75 Å². The summed E-state index contributed by atoms with van der Waals surface area (Å²) in [6, 6.07) is 3.02. The minimum Gasteiger partial charge on any atom is -0.478 e. The zero-order chi connectivity index (χ0) is 12.8. The van der Waals surface area contributed by atoms with Crippen molar-refractivity contribution in [2.24, 2.45) is 0 Å². The highest BCUT2D eigenvalue weighted by molar-refractivity contribution is 7.99. The van der Waals surface area contributed by atoms with Gasteiger partial charge in [-0.2, -0.15) is 0 Å². The average molecular weight is 255 g/mol. The lowest BCUT2D eigenvalue weighted by Gasteiger charge is -2.07. The van der Waals surface area contributed by atoms with Crippen LogP contribution in [0.5, 0.6) is 0 Å². The highest BCUT2D eigenvalue weighted by Gasteiger charge is 2.08. The van der Waals surface area contributed by atoms with Gasteiger partial charge < -0.3 is 9.84 Å². The predicted octanol–water partition coefficient (Wildman–Crippen LogP) is 1.82. The first kappa shape index (κ1) is 13.5. The lowest BCUT2D eigenvalue weighted by Crippen LogP contribution is -2.13. The van der Waals surface area contributed by atoms with Gasteiger partial charge in [-0.05, 0) is 26.0 Å². The van der Waals surface area contributed by atoms with Gasteiger partial charge in [0.05, 0.1) is 22.4 Å². The number of rotatable bonds is 5. The number of hydrogen-bond acceptors (Lipinski definition) is 5. The van der Waals surface area contributed by atoms with Crippen LogP contribution in [0.4, 0.5) is 0 Å². The lowest BCUT2D eigenvalue weighted by molar-refractivity contribution is -0.144. The summed E-state index contributed by atoms with van der Waals surface area (Å²) < 4.78 is 4.95. The lowest BCUT2D eigenvalue weighted by atomic mass is 10.3. The van der Waals surface area contributed by atoms with Gasteiger partial charge in [0.25, 0.3) is 0 Å². The molecular formula is C11H13NO4S. The van der Waals surface area contributed by atoms with E-state index in [2.05, 4.69) is 4.98 Å². The summed E-state index contributed by atoms with van der Waals surface area (Å²) in [5, 5.41) is 9.27. The standard InChI is InChI=1S/C11H13NO4S/c1-7(2)16-10(13)6-17-9-4-3-8(5-12-9)11(14)15/h3-5,7H,6H2,1-2H3,(H,14,15). The third kappa shape index (κ3) is 4.86. The van der Waals surface area contributed by atoms with Crippen molar-refractivity contribution in [3.63, 3.8) is 0 Å². The van der Waals surface area contributed by atoms with E-state index in [4.69, 9.17) is 9.84 Å². The van der Waals surface area contributed by atoms with Crippen LogP contribution in [0.15, 0.2) is 23.4 Å². The van der Waals surface area contributed by atoms with Crippen LogP contribution < -0.4 is 0 Å². The molecule has 0 unspecified atom stereocenters. The van der Waals surface area contributed by atoms with Gasteiger partial charge in [0.1, 0.15) is 0 Å². The van der Waals surface area contributed by atoms with Crippen LogP contribution in [0, 0.1) is 0 Å². The van der Waals surface area contributed by atoms with Crippen molar-refractivity contribution in [1.29, 1.82) is 0 Å². The summed E-state index contributed by atoms with van der Waals surface area (Å²) in [6.45, 7) is 3.56. The summed E-state index contributed by atoms with van der Waals surface area (Å²) in [5.41, 5.74) is 0.124. The van der Waals surface area contributed by atoms with Crippen LogP contribution in [-0.2, 0) is 9.53 Å². The van der Waals surface area contributed by atoms with Crippen LogP contribution in [-0.4, -0.2) is 33.9 Å². The first-order chi connectivity index (χ1) is 7.99. The maximum atomic E-state index is 11.2. The molecule has 17 heavy (non-hydrogen) atoms. The first-order valence-corrected chi connectivity index (χ1v) is 5.99. The Kier molecular flexibility index (Phi) is 4.96. The number of nitrogens with zero attached hydrogens (tertiary/aromatic N) is 1. The molecule has 1 aromatic rings. The molecule has 6 heteroatoms. The van der Waals surface area contributed by atoms with E-state index in [1.807, 2.05) is 0 Å². The fourth-order valence-electron chi connectivity index (χ4n) is 1.02. The zero-order valence-electron chi connectivity index (χ0n) is 9.54. The van der Waals surface area contributed by atoms with Crippen molar-refractivity contribution in [2.45, 2.75) is 25.0 Å². The normalized spacial score (nSPS) is 10.3. The Bertz CT molecular complexity index is 402. The molecule has 0 aliphatic carbocycles. The molecule has 0 aromatic carbocycles. The van der Waals surface area contributed by atoms with E-state index in [1.54, 1.807) is 19.9 Å². The quantitative estimate of drug-likeness (QED) is 0.639. The van der Waals surface area contributed by atoms with Crippen LogP contribution in [0.2, 0.25) is 0 Å². The first-order valence-electron chi connectivity index (χ1n) is 5.00. The maximum Gasteiger partial charge on any atom is 0.337 e. The highest BCUT2D eigenvalue weighted by atomic mass is 32.2. The molecule has 0 atom stereocenters. The van der Waals surface area contributed by atoms with Crippen molar-refractivity contribution >= 4 is 23.7 Å². The smallest absolute Gasteiger partial charge is 0.337 e. The molecule has 92 valence electrons. The Balaban J connectivity index is 2.47. The summed E-state index contributed by atoms with van der Waals surface area (Å²) in [6.07, 6.45) is 1.13. The maximum absolute atomic E-state index is 11.2. The zero-order valence-corrected chi connectivity index (χ0v) is 10.4. The second kappa shape index (κ2) is 6.24. The summed E-state index contributed by atoms with van der Waals surface area (Å²) in [5.74, 6) is -1.17. The monoisotopic (exact) mass is 255 g/mol. The Morgan fingerprint density at radius 3 is 2.65 bits per heavy atom. The Morgan fingerprint density at radius 2 is 2.18 bits per heavy atom. The number of carboxylic acid groups (broad SMARTS) is 1. The number of hydrogen-bond donors (Lipinski definition) is 1. The molecule has 5 nitrogen and oxygen atoms in total. The third-order valence-electron chi connectivity index (χ3n) is 1.69. The van der Waals surface area contributed by atoms with Gasteiger partial charge in [-0.1, -0.05) is 11.8 Å². The number of aromatic carboxylic acids is 1. The van der Waals surface area contributed by atoms with Crippen LogP contribution in [0.3, 0.4) is 0 Å². The molecule has 0 spiro atoms. The molecule has 1 aromatic heterocycles. The van der Waals surface area contributed by atoms with Gasteiger partial charge in [0.15, 0.2) is 0 Å². The molecule has 0 saturated heterocycles. The Morgan fingerprint density at radius 1 is 1.47 bits per heavy atom. The SMILES string of the molecule is CC(C)OC(=O)CSc1ccc(C(=O)O)cn1. The highest BCUT2D eigenvalue weighted by Crippen LogP contribution is 2.15. The van der Waals surface area contributed by atoms with Crippen LogP contribution in [0.1, 0.15) is 24.2 Å². The van der Waals surface area contributed by atoms with Gasteiger partial charge >= 0.3 is 11.9 Å². The minimum absolute atomic E-state index is 0.124. The molecule has 1 rings (SSSR count). The van der Waals surface area contributed by atoms with Crippen molar-refractivity contribution in [3.05, 3.63) is 23.9 Å². The molecule has 0 fully saturated rings. The van der Waals surface area contributed by atoms with Gasteiger partial charge in [-0.25, -0.2) is 9.78 Å². The molecule has 1 heterocycles. The van der Waals surface area contributed by atoms with Gasteiger partial charge in [0, 0.05) is 6.20 Å². The topological polar surface area (TPSA) is 76.5 Å². The van der Waals surface area contributed by atoms with E-state index >= 15 is 0 Å². The van der Waals surface area contributed by atoms with E-state index in [0.717, 1.165) is 0 Å². The second-order valence-electron chi connectivity index (χ2n) is 3.52. The van der Waals surface area contributed by atoms with E-state index in [0.29, 0.717) is 5.03 Å². The van der Waals surface area contributed by atoms with Crippen LogP contribution in [0.25, 0.3) is 0 Å². The summed E-state index contributed by atoms with van der Waals surface area (Å²) >= 11 is 1.21. The largest absolute Gasteiger partial charge is 0.478 e. The molecule has 0 aliphatic heterocycles. The van der Waals surface area contributed by atoms with Gasteiger partial charge in [-0.3, -0.25) is 4.79 Å². The summed E-state index contributed by atoms with van der Waals surface area (Å²) in [4.78, 5) is 25.7. The molecule has 0 amide bonds. The molecular weight excluding hydrogens is 242 g/mol. The Hall–Kier alpha value is -1.56. The van der Waals surface area contributed by atoms with Gasteiger partial charge in [-0.15, -0.1) is 0 Å². The van der Waals surface area contributed by atoms with E-state index in [1.165, 1.54) is 24.0 Å². The number of ether oxygens (including phenoxy) is 1. The van der Waals surface area contributed by atoms with Gasteiger partial charge in [0.2, 0.25) is 0 Å². The number of thioether (sulfide) groups is 1. The molecule has 0 bridgehead atoms. The minimum atomic E-state index is -1.02. The van der Waals surface area contributed by atoms with Crippen molar-refractivity contribution in [3.8, 4) is 0 Å². The van der Waals surface area contributed by atoms with Crippen molar-refractivity contribution in [1.82, 2.24) is 4.98 Å². The van der Waals surface area contributed by atoms with Crippen LogP contribution >= 0.6 is 11.8 Å². The molecule has 0 saturated carbocycles. The second-order valence-corrected chi connectivity index (χ2v) is 4.51. The predicted molar refractivity (Wildman–Crippen MR) is 63.1 cm³/mol. The van der Waals surface area contributed by atoms with E-state index in [-0.39, 0.29) is 23.4 Å². The number of carbonyl (C=O) groups excluding carboxylic acids is 1. The Labute approximate surface area is 103 Å². The fourth-order valence-corrected chi connectivity index (χ4v) is 1.65. The fraction of sp³-hybridized carbons (Fsp3) is 0.364. The van der Waals surface area contributed by atoms with Crippen molar-refractivity contribution < 1.29 is 19.4 Å². The number of carboxylic acids is 1. The average Bonchev–Trinajstić information content (AvgIpc) is 2.26. The third-order valence-corrected chi connectivity index (χ3v) is 2.61. The number of esters is 1. The molecule has 0 radical (unpaired) electrons. The van der Waals surface area contributed by atoms with E-state index in [9.17, 15) is 9.59 Å².